The van der Waals surface area contributed by atoms with Crippen LogP contribution in [0.25, 0.3) is 5.69 Å². The van der Waals surface area contributed by atoms with Crippen LogP contribution in [-0.4, -0.2) is 45.9 Å². The van der Waals surface area contributed by atoms with E-state index in [-0.39, 0.29) is 10.9 Å². The van der Waals surface area contributed by atoms with Gasteiger partial charge in [0, 0.05) is 12.0 Å². The molecule has 0 N–H and O–H groups in total. The minimum Gasteiger partial charge on any atom is -0.451 e. The Morgan fingerprint density at radius 3 is 2.34 bits per heavy atom. The summed E-state index contributed by atoms with van der Waals surface area (Å²) in [6.07, 6.45) is 2.92. The standard InChI is InChI=1S/C20H18N4O4S/c1-20(13-12-18(25)28-20)17(15-8-4-2-5-9-15)14-29(26,27)19-21-22-23-24(19)16-10-6-3-7-11-16/h2-13,17H,14H2,1H3/t17-,20+/m1/s1. The molecule has 0 unspecified atom stereocenters. The van der Waals surface area contributed by atoms with Crippen molar-refractivity contribution in [2.24, 2.45) is 0 Å². The lowest BCUT2D eigenvalue weighted by Crippen LogP contribution is -2.37. The van der Waals surface area contributed by atoms with Gasteiger partial charge in [0.25, 0.3) is 5.16 Å². The molecule has 148 valence electrons. The first-order chi connectivity index (χ1) is 13.9. The number of carbonyl (C=O) groups excluding carboxylic acids is 1. The van der Waals surface area contributed by atoms with Gasteiger partial charge in [0.1, 0.15) is 5.60 Å². The second-order valence-corrected chi connectivity index (χ2v) is 8.82. The molecular weight excluding hydrogens is 392 g/mol. The molecule has 4 rings (SSSR count). The topological polar surface area (TPSA) is 104 Å². The molecule has 2 aromatic carbocycles. The third kappa shape index (κ3) is 3.68. The summed E-state index contributed by atoms with van der Waals surface area (Å²) >= 11 is 0. The molecule has 0 radical (unpaired) electrons. The van der Waals surface area contributed by atoms with Crippen molar-refractivity contribution >= 4 is 15.8 Å². The summed E-state index contributed by atoms with van der Waals surface area (Å²) < 4.78 is 33.3. The lowest BCUT2D eigenvalue weighted by molar-refractivity contribution is -0.145. The Bertz CT molecular complexity index is 1160. The minimum atomic E-state index is -3.93. The smallest absolute Gasteiger partial charge is 0.331 e. The predicted octanol–water partition coefficient (Wildman–Crippen LogP) is 2.09. The van der Waals surface area contributed by atoms with Crippen LogP contribution in [0.4, 0.5) is 0 Å². The third-order valence-electron chi connectivity index (χ3n) is 4.87. The number of hydrogen-bond acceptors (Lipinski definition) is 7. The van der Waals surface area contributed by atoms with Gasteiger partial charge in [-0.1, -0.05) is 53.6 Å². The average Bonchev–Trinajstić information content (AvgIpc) is 3.35. The van der Waals surface area contributed by atoms with E-state index in [1.54, 1.807) is 37.3 Å². The molecule has 2 heterocycles. The van der Waals surface area contributed by atoms with E-state index < -0.39 is 27.3 Å². The fraction of sp³-hybridized carbons (Fsp3) is 0.200. The Labute approximate surface area is 167 Å². The maximum Gasteiger partial charge on any atom is 0.331 e. The second kappa shape index (κ2) is 7.25. The van der Waals surface area contributed by atoms with E-state index in [1.807, 2.05) is 36.4 Å². The molecule has 0 saturated heterocycles. The van der Waals surface area contributed by atoms with Crippen molar-refractivity contribution < 1.29 is 17.9 Å². The number of cyclic esters (lactones) is 1. The first-order valence-electron chi connectivity index (χ1n) is 8.93. The summed E-state index contributed by atoms with van der Waals surface area (Å²) in [5.74, 6) is -1.48. The highest BCUT2D eigenvalue weighted by molar-refractivity contribution is 7.91. The maximum absolute atomic E-state index is 13.3. The SMILES string of the molecule is C[C@@]1([C@H](CS(=O)(=O)c2nnnn2-c2ccccc2)c2ccccc2)C=CC(=O)O1. The first kappa shape index (κ1) is 19.0. The average molecular weight is 410 g/mol. The van der Waals surface area contributed by atoms with Crippen LogP contribution in [0.1, 0.15) is 18.4 Å². The summed E-state index contributed by atoms with van der Waals surface area (Å²) in [4.78, 5) is 11.7. The van der Waals surface area contributed by atoms with Crippen LogP contribution in [0.2, 0.25) is 0 Å². The fourth-order valence-corrected chi connectivity index (χ4v) is 5.06. The summed E-state index contributed by atoms with van der Waals surface area (Å²) in [7, 11) is -3.93. The zero-order valence-electron chi connectivity index (χ0n) is 15.5. The number of nitrogens with zero attached hydrogens (tertiary/aromatic N) is 4. The van der Waals surface area contributed by atoms with Crippen molar-refractivity contribution in [2.45, 2.75) is 23.6 Å². The number of ether oxygens (including phenoxy) is 1. The van der Waals surface area contributed by atoms with Gasteiger partial charge in [0.05, 0.1) is 11.4 Å². The Morgan fingerprint density at radius 1 is 1.07 bits per heavy atom. The predicted molar refractivity (Wildman–Crippen MR) is 104 cm³/mol. The number of tetrazole rings is 1. The number of esters is 1. The highest BCUT2D eigenvalue weighted by Crippen LogP contribution is 2.37. The summed E-state index contributed by atoms with van der Waals surface area (Å²) in [5, 5.41) is 10.9. The minimum absolute atomic E-state index is 0.262. The molecule has 1 aliphatic heterocycles. The second-order valence-electron chi connectivity index (χ2n) is 6.89. The fourth-order valence-electron chi connectivity index (χ4n) is 3.38. The van der Waals surface area contributed by atoms with Gasteiger partial charge >= 0.3 is 5.97 Å². The van der Waals surface area contributed by atoms with E-state index >= 15 is 0 Å². The van der Waals surface area contributed by atoms with Crippen molar-refractivity contribution in [2.75, 3.05) is 5.75 Å². The van der Waals surface area contributed by atoms with Gasteiger partial charge in [0.2, 0.25) is 9.84 Å². The molecule has 0 amide bonds. The normalized spacial score (nSPS) is 19.8. The molecular formula is C20H18N4O4S. The van der Waals surface area contributed by atoms with Crippen LogP contribution < -0.4 is 0 Å². The molecule has 1 aromatic heterocycles. The van der Waals surface area contributed by atoms with Crippen LogP contribution in [0.3, 0.4) is 0 Å². The lowest BCUT2D eigenvalue weighted by Gasteiger charge is -2.31. The number of hydrogen-bond donors (Lipinski definition) is 0. The van der Waals surface area contributed by atoms with Crippen LogP contribution in [0.5, 0.6) is 0 Å². The van der Waals surface area contributed by atoms with Gasteiger partial charge in [-0.2, -0.15) is 4.68 Å². The van der Waals surface area contributed by atoms with Gasteiger partial charge < -0.3 is 4.74 Å². The van der Waals surface area contributed by atoms with E-state index in [0.29, 0.717) is 5.69 Å². The summed E-state index contributed by atoms with van der Waals surface area (Å²) in [6, 6.07) is 17.9. The highest BCUT2D eigenvalue weighted by atomic mass is 32.2. The van der Waals surface area contributed by atoms with E-state index in [0.717, 1.165) is 5.56 Å². The molecule has 29 heavy (non-hydrogen) atoms. The Kier molecular flexibility index (Phi) is 4.75. The van der Waals surface area contributed by atoms with E-state index in [1.165, 1.54) is 10.8 Å². The zero-order chi connectivity index (χ0) is 20.5. The largest absolute Gasteiger partial charge is 0.451 e. The van der Waals surface area contributed by atoms with E-state index in [2.05, 4.69) is 15.5 Å². The van der Waals surface area contributed by atoms with Crippen LogP contribution in [0.15, 0.2) is 78.0 Å². The third-order valence-corrected chi connectivity index (χ3v) is 6.45. The van der Waals surface area contributed by atoms with E-state index in [9.17, 15) is 13.2 Å². The highest BCUT2D eigenvalue weighted by Gasteiger charge is 2.43. The number of benzene rings is 2. The molecule has 0 bridgehead atoms. The zero-order valence-corrected chi connectivity index (χ0v) is 16.4. The Morgan fingerprint density at radius 2 is 1.72 bits per heavy atom. The van der Waals surface area contributed by atoms with Crippen LogP contribution >= 0.6 is 0 Å². The van der Waals surface area contributed by atoms with Crippen LogP contribution in [-0.2, 0) is 19.4 Å². The Balaban J connectivity index is 1.75. The number of para-hydroxylation sites is 1. The number of rotatable bonds is 6. The van der Waals surface area contributed by atoms with E-state index in [4.69, 9.17) is 4.74 Å². The van der Waals surface area contributed by atoms with Gasteiger partial charge in [-0.15, -0.1) is 0 Å². The van der Waals surface area contributed by atoms with Gasteiger partial charge in [0.15, 0.2) is 0 Å². The molecule has 0 saturated carbocycles. The van der Waals surface area contributed by atoms with Crippen molar-refractivity contribution in [1.82, 2.24) is 20.2 Å². The monoisotopic (exact) mass is 410 g/mol. The maximum atomic E-state index is 13.3. The van der Waals surface area contributed by atoms with Crippen molar-refractivity contribution in [3.63, 3.8) is 0 Å². The molecule has 0 fully saturated rings. The lowest BCUT2D eigenvalue weighted by atomic mass is 9.85. The van der Waals surface area contributed by atoms with Gasteiger partial charge in [-0.25, -0.2) is 13.2 Å². The molecule has 9 heteroatoms. The number of carbonyl (C=O) groups is 1. The molecule has 2 atom stereocenters. The number of sulfone groups is 1. The molecule has 3 aromatic rings. The molecule has 1 aliphatic rings. The molecule has 0 aliphatic carbocycles. The van der Waals surface area contributed by atoms with Crippen molar-refractivity contribution in [1.29, 1.82) is 0 Å². The van der Waals surface area contributed by atoms with Gasteiger partial charge in [-0.3, -0.25) is 0 Å². The Hall–Kier alpha value is -3.33. The first-order valence-corrected chi connectivity index (χ1v) is 10.6. The quantitative estimate of drug-likeness (QED) is 0.573. The van der Waals surface area contributed by atoms with Crippen molar-refractivity contribution in [3.05, 3.63) is 78.4 Å². The molecule has 8 nitrogen and oxygen atoms in total. The van der Waals surface area contributed by atoms with Gasteiger partial charge in [-0.05, 0) is 41.1 Å². The van der Waals surface area contributed by atoms with Crippen molar-refractivity contribution in [3.8, 4) is 5.69 Å². The number of aromatic nitrogens is 4. The summed E-state index contributed by atoms with van der Waals surface area (Å²) in [5.41, 5.74) is 0.165. The molecule has 0 spiro atoms. The summed E-state index contributed by atoms with van der Waals surface area (Å²) in [6.45, 7) is 1.70. The van der Waals surface area contributed by atoms with Crippen LogP contribution in [0, 0.1) is 0 Å².